The Labute approximate surface area is 160 Å². The molecule has 0 aliphatic heterocycles. The summed E-state index contributed by atoms with van der Waals surface area (Å²) in [6, 6.07) is 11.6. The molecule has 0 N–H and O–H groups in total. The van der Waals surface area contributed by atoms with Gasteiger partial charge < -0.3 is 9.30 Å². The lowest BCUT2D eigenvalue weighted by Gasteiger charge is -2.08. The number of benzene rings is 2. The monoisotopic (exact) mass is 445 g/mol. The maximum absolute atomic E-state index is 12.9. The van der Waals surface area contributed by atoms with E-state index in [9.17, 15) is 18.0 Å². The number of nitrogens with zero attached hydrogens (tertiary/aromatic N) is 1. The number of carbonyl (C=O) groups excluding carboxylic acids is 1. The number of carbonyl (C=O) groups is 1. The number of ether oxygens (including phenoxy) is 1. The van der Waals surface area contributed by atoms with Gasteiger partial charge in [0, 0.05) is 26.6 Å². The minimum Gasteiger partial charge on any atom is -0.492 e. The highest BCUT2D eigenvalue weighted by molar-refractivity contribution is 9.10. The predicted octanol–water partition coefficient (Wildman–Crippen LogP) is 5.88. The second-order valence-electron chi connectivity index (χ2n) is 5.53. The van der Waals surface area contributed by atoms with Crippen LogP contribution in [0.2, 0.25) is 5.02 Å². The molecule has 0 amide bonds. The summed E-state index contributed by atoms with van der Waals surface area (Å²) in [7, 11) is 0. The Kier molecular flexibility index (Phi) is 5.29. The van der Waals surface area contributed by atoms with Gasteiger partial charge in [0.25, 0.3) is 5.78 Å². The van der Waals surface area contributed by atoms with Crippen LogP contribution in [-0.4, -0.2) is 23.1 Å². The van der Waals surface area contributed by atoms with Crippen LogP contribution in [0.3, 0.4) is 0 Å². The van der Waals surface area contributed by atoms with Crippen molar-refractivity contribution in [1.29, 1.82) is 0 Å². The molecule has 0 spiro atoms. The molecule has 0 saturated heterocycles. The van der Waals surface area contributed by atoms with Gasteiger partial charge in [-0.2, -0.15) is 13.2 Å². The van der Waals surface area contributed by atoms with E-state index in [1.165, 1.54) is 12.3 Å². The SMILES string of the molecule is O=C(c1cn(CCOc2ccc(Cl)cc2)c2ccc(Br)cc12)C(F)(F)F. The zero-order chi connectivity index (χ0) is 18.9. The molecule has 0 saturated carbocycles. The standard InChI is InChI=1S/C18H12BrClF3NO2/c19-11-1-6-16-14(9-11)15(17(25)18(21,22)23)10-24(16)7-8-26-13-4-2-12(20)3-5-13/h1-6,9-10H,7-8H2. The second kappa shape index (κ2) is 7.32. The van der Waals surface area contributed by atoms with Crippen LogP contribution in [0.4, 0.5) is 13.2 Å². The van der Waals surface area contributed by atoms with Crippen molar-refractivity contribution in [3.63, 3.8) is 0 Å². The highest BCUT2D eigenvalue weighted by atomic mass is 79.9. The van der Waals surface area contributed by atoms with Gasteiger partial charge in [0.2, 0.25) is 0 Å². The van der Waals surface area contributed by atoms with E-state index in [4.69, 9.17) is 16.3 Å². The highest BCUT2D eigenvalue weighted by Gasteiger charge is 2.40. The van der Waals surface area contributed by atoms with E-state index in [-0.39, 0.29) is 24.1 Å². The molecule has 2 aromatic carbocycles. The van der Waals surface area contributed by atoms with Gasteiger partial charge in [0.1, 0.15) is 12.4 Å². The van der Waals surface area contributed by atoms with Gasteiger partial charge in [-0.15, -0.1) is 0 Å². The third kappa shape index (κ3) is 4.04. The second-order valence-corrected chi connectivity index (χ2v) is 6.88. The lowest BCUT2D eigenvalue weighted by molar-refractivity contribution is -0.0884. The van der Waals surface area contributed by atoms with Crippen molar-refractivity contribution < 1.29 is 22.7 Å². The molecule has 3 nitrogen and oxygen atoms in total. The molecule has 3 aromatic rings. The van der Waals surface area contributed by atoms with Gasteiger partial charge in [0.05, 0.1) is 12.1 Å². The molecule has 0 fully saturated rings. The lowest BCUT2D eigenvalue weighted by atomic mass is 10.1. The van der Waals surface area contributed by atoms with E-state index in [0.29, 0.717) is 20.8 Å². The summed E-state index contributed by atoms with van der Waals surface area (Å²) >= 11 is 9.03. The Bertz CT molecular complexity index is 951. The average Bonchev–Trinajstić information content (AvgIpc) is 2.93. The fraction of sp³-hybridized carbons (Fsp3) is 0.167. The summed E-state index contributed by atoms with van der Waals surface area (Å²) in [5, 5.41) is 0.822. The van der Waals surface area contributed by atoms with Crippen molar-refractivity contribution in [2.24, 2.45) is 0 Å². The molecular weight excluding hydrogens is 435 g/mol. The Balaban J connectivity index is 1.86. The topological polar surface area (TPSA) is 31.2 Å². The number of aromatic nitrogens is 1. The van der Waals surface area contributed by atoms with E-state index in [1.807, 2.05) is 0 Å². The van der Waals surface area contributed by atoms with E-state index in [0.717, 1.165) is 0 Å². The number of fused-ring (bicyclic) bond motifs is 1. The van der Waals surface area contributed by atoms with Gasteiger partial charge in [0.15, 0.2) is 0 Å². The number of Topliss-reactive ketones (excluding diaryl/α,β-unsaturated/α-hetero) is 1. The molecule has 3 rings (SSSR count). The largest absolute Gasteiger partial charge is 0.492 e. The fourth-order valence-corrected chi connectivity index (χ4v) is 3.07. The maximum atomic E-state index is 12.9. The van der Waals surface area contributed by atoms with Crippen LogP contribution in [0.1, 0.15) is 10.4 Å². The molecule has 1 aromatic heterocycles. The van der Waals surface area contributed by atoms with Crippen molar-refractivity contribution >= 4 is 44.2 Å². The number of rotatable bonds is 5. The van der Waals surface area contributed by atoms with Gasteiger partial charge >= 0.3 is 6.18 Å². The molecular formula is C18H12BrClF3NO2. The summed E-state index contributed by atoms with van der Waals surface area (Å²) in [6.45, 7) is 0.507. The zero-order valence-electron chi connectivity index (χ0n) is 13.2. The molecule has 0 unspecified atom stereocenters. The Morgan fingerprint density at radius 1 is 1.15 bits per heavy atom. The summed E-state index contributed by atoms with van der Waals surface area (Å²) in [5.41, 5.74) is 0.154. The van der Waals surface area contributed by atoms with Crippen LogP contribution in [0.5, 0.6) is 5.75 Å². The minimum absolute atomic E-state index is 0.223. The summed E-state index contributed by atoms with van der Waals surface area (Å²) in [4.78, 5) is 11.7. The number of hydrogen-bond donors (Lipinski definition) is 0. The molecule has 8 heteroatoms. The zero-order valence-corrected chi connectivity index (χ0v) is 15.5. The van der Waals surface area contributed by atoms with E-state index in [1.54, 1.807) is 41.0 Å². The summed E-state index contributed by atoms with van der Waals surface area (Å²) in [5.74, 6) is -1.27. The third-order valence-electron chi connectivity index (χ3n) is 3.76. The smallest absolute Gasteiger partial charge is 0.454 e. The Hall–Kier alpha value is -1.99. The normalized spacial score (nSPS) is 11.7. The van der Waals surface area contributed by atoms with Crippen LogP contribution in [0, 0.1) is 0 Å². The molecule has 0 radical (unpaired) electrons. The Morgan fingerprint density at radius 2 is 1.85 bits per heavy atom. The van der Waals surface area contributed by atoms with Crippen LogP contribution in [0.25, 0.3) is 10.9 Å². The van der Waals surface area contributed by atoms with Crippen LogP contribution in [-0.2, 0) is 6.54 Å². The first-order valence-electron chi connectivity index (χ1n) is 7.54. The van der Waals surface area contributed by atoms with Crippen molar-refractivity contribution in [3.05, 3.63) is 63.7 Å². The quantitative estimate of drug-likeness (QED) is 0.458. The third-order valence-corrected chi connectivity index (χ3v) is 4.51. The number of halogens is 5. The van der Waals surface area contributed by atoms with Gasteiger partial charge in [-0.05, 0) is 42.5 Å². The van der Waals surface area contributed by atoms with Crippen molar-refractivity contribution in [2.75, 3.05) is 6.61 Å². The summed E-state index contributed by atoms with van der Waals surface area (Å²) < 4.78 is 46.4. The molecule has 26 heavy (non-hydrogen) atoms. The van der Waals surface area contributed by atoms with Crippen LogP contribution < -0.4 is 4.74 Å². The van der Waals surface area contributed by atoms with Crippen LogP contribution in [0.15, 0.2) is 53.1 Å². The number of alkyl halides is 3. The van der Waals surface area contributed by atoms with E-state index in [2.05, 4.69) is 15.9 Å². The minimum atomic E-state index is -4.93. The van der Waals surface area contributed by atoms with Gasteiger partial charge in [-0.1, -0.05) is 27.5 Å². The molecule has 1 heterocycles. The highest BCUT2D eigenvalue weighted by Crippen LogP contribution is 2.30. The van der Waals surface area contributed by atoms with Crippen LogP contribution >= 0.6 is 27.5 Å². The summed E-state index contributed by atoms with van der Waals surface area (Å²) in [6.07, 6.45) is -3.71. The van der Waals surface area contributed by atoms with E-state index < -0.39 is 12.0 Å². The molecule has 0 aliphatic rings. The van der Waals surface area contributed by atoms with Crippen molar-refractivity contribution in [3.8, 4) is 5.75 Å². The molecule has 0 aliphatic carbocycles. The van der Waals surface area contributed by atoms with Crippen molar-refractivity contribution in [2.45, 2.75) is 12.7 Å². The van der Waals surface area contributed by atoms with Gasteiger partial charge in [-0.25, -0.2) is 0 Å². The first kappa shape index (κ1) is 18.8. The average molecular weight is 447 g/mol. The first-order chi connectivity index (χ1) is 12.3. The van der Waals surface area contributed by atoms with E-state index >= 15 is 0 Å². The maximum Gasteiger partial charge on any atom is 0.454 e. The molecule has 0 atom stereocenters. The fourth-order valence-electron chi connectivity index (χ4n) is 2.58. The lowest BCUT2D eigenvalue weighted by Crippen LogP contribution is -2.22. The predicted molar refractivity (Wildman–Crippen MR) is 97.0 cm³/mol. The van der Waals surface area contributed by atoms with Crippen molar-refractivity contribution in [1.82, 2.24) is 4.57 Å². The number of hydrogen-bond acceptors (Lipinski definition) is 2. The Morgan fingerprint density at radius 3 is 2.50 bits per heavy atom. The number of ketones is 1. The molecule has 0 bridgehead atoms. The molecule has 136 valence electrons. The first-order valence-corrected chi connectivity index (χ1v) is 8.71. The van der Waals surface area contributed by atoms with Gasteiger partial charge in [-0.3, -0.25) is 4.79 Å².